The third-order valence-corrected chi connectivity index (χ3v) is 4.80. The summed E-state index contributed by atoms with van der Waals surface area (Å²) in [5, 5.41) is 0. The molecule has 1 aromatic carbocycles. The summed E-state index contributed by atoms with van der Waals surface area (Å²) >= 11 is 0. The SMILES string of the molecule is CC(C)(C)C1CCCN(CCC(=O)c2ccccc2)CC1. The third kappa shape index (κ3) is 4.96. The smallest absolute Gasteiger partial charge is 0.164 e. The van der Waals surface area contributed by atoms with Crippen molar-refractivity contribution < 1.29 is 4.79 Å². The van der Waals surface area contributed by atoms with Gasteiger partial charge in [-0.25, -0.2) is 0 Å². The minimum absolute atomic E-state index is 0.271. The minimum Gasteiger partial charge on any atom is -0.303 e. The summed E-state index contributed by atoms with van der Waals surface area (Å²) in [6, 6.07) is 9.67. The first-order valence-corrected chi connectivity index (χ1v) is 8.27. The molecule has 2 heteroatoms. The number of nitrogens with zero attached hydrogens (tertiary/aromatic N) is 1. The van der Waals surface area contributed by atoms with E-state index >= 15 is 0 Å². The highest BCUT2D eigenvalue weighted by molar-refractivity contribution is 5.96. The number of carbonyl (C=O) groups excluding carboxylic acids is 1. The Kier molecular flexibility index (Phi) is 5.58. The Morgan fingerprint density at radius 2 is 1.86 bits per heavy atom. The highest BCUT2D eigenvalue weighted by atomic mass is 16.1. The van der Waals surface area contributed by atoms with E-state index in [9.17, 15) is 4.79 Å². The van der Waals surface area contributed by atoms with Gasteiger partial charge in [-0.3, -0.25) is 4.79 Å². The van der Waals surface area contributed by atoms with E-state index in [-0.39, 0.29) is 5.78 Å². The molecular weight excluding hydrogens is 258 g/mol. The van der Waals surface area contributed by atoms with Crippen molar-refractivity contribution in [3.05, 3.63) is 35.9 Å². The second-order valence-electron chi connectivity index (χ2n) is 7.37. The zero-order valence-corrected chi connectivity index (χ0v) is 13.8. The first kappa shape index (κ1) is 16.2. The molecule has 1 unspecified atom stereocenters. The highest BCUT2D eigenvalue weighted by Gasteiger charge is 2.27. The number of Topliss-reactive ketones (excluding diaryl/α,β-unsaturated/α-hetero) is 1. The number of hydrogen-bond acceptors (Lipinski definition) is 2. The van der Waals surface area contributed by atoms with Gasteiger partial charge in [0.25, 0.3) is 0 Å². The summed E-state index contributed by atoms with van der Waals surface area (Å²) in [4.78, 5) is 14.6. The van der Waals surface area contributed by atoms with Crippen molar-refractivity contribution in [3.8, 4) is 0 Å². The van der Waals surface area contributed by atoms with Gasteiger partial charge in [0.1, 0.15) is 0 Å². The number of benzene rings is 1. The van der Waals surface area contributed by atoms with E-state index in [0.717, 1.165) is 31.1 Å². The molecule has 0 saturated carbocycles. The Hall–Kier alpha value is -1.15. The van der Waals surface area contributed by atoms with Crippen molar-refractivity contribution in [1.29, 1.82) is 0 Å². The van der Waals surface area contributed by atoms with Crippen molar-refractivity contribution >= 4 is 5.78 Å². The summed E-state index contributed by atoms with van der Waals surface area (Å²) in [7, 11) is 0. The Labute approximate surface area is 129 Å². The van der Waals surface area contributed by atoms with E-state index in [2.05, 4.69) is 25.7 Å². The maximum Gasteiger partial charge on any atom is 0.164 e. The normalized spacial score (nSPS) is 21.0. The summed E-state index contributed by atoms with van der Waals surface area (Å²) < 4.78 is 0. The quantitative estimate of drug-likeness (QED) is 0.765. The summed E-state index contributed by atoms with van der Waals surface area (Å²) in [5.74, 6) is 1.08. The molecule has 2 nitrogen and oxygen atoms in total. The van der Waals surface area contributed by atoms with Crippen molar-refractivity contribution in [2.24, 2.45) is 11.3 Å². The maximum absolute atomic E-state index is 12.2. The van der Waals surface area contributed by atoms with Crippen molar-refractivity contribution in [2.75, 3.05) is 19.6 Å². The molecule has 0 spiro atoms. The molecule has 1 saturated heterocycles. The highest BCUT2D eigenvalue weighted by Crippen LogP contribution is 2.34. The molecule has 0 radical (unpaired) electrons. The van der Waals surface area contributed by atoms with Gasteiger partial charge in [-0.05, 0) is 43.7 Å². The van der Waals surface area contributed by atoms with Crippen LogP contribution < -0.4 is 0 Å². The van der Waals surface area contributed by atoms with Crippen LogP contribution in [0.2, 0.25) is 0 Å². The van der Waals surface area contributed by atoms with Gasteiger partial charge < -0.3 is 4.90 Å². The van der Waals surface area contributed by atoms with Gasteiger partial charge in [0.15, 0.2) is 5.78 Å². The average molecular weight is 287 g/mol. The predicted octanol–water partition coefficient (Wildman–Crippen LogP) is 4.41. The second-order valence-corrected chi connectivity index (χ2v) is 7.37. The number of hydrogen-bond donors (Lipinski definition) is 0. The molecule has 1 atom stereocenters. The Balaban J connectivity index is 1.80. The Morgan fingerprint density at radius 3 is 2.52 bits per heavy atom. The van der Waals surface area contributed by atoms with Gasteiger partial charge in [-0.15, -0.1) is 0 Å². The van der Waals surface area contributed by atoms with Crippen LogP contribution in [-0.2, 0) is 0 Å². The van der Waals surface area contributed by atoms with Gasteiger partial charge >= 0.3 is 0 Å². The van der Waals surface area contributed by atoms with Crippen LogP contribution in [0.25, 0.3) is 0 Å². The fourth-order valence-electron chi connectivity index (χ4n) is 3.27. The van der Waals surface area contributed by atoms with Crippen molar-refractivity contribution in [2.45, 2.75) is 46.5 Å². The fraction of sp³-hybridized carbons (Fsp3) is 0.632. The largest absolute Gasteiger partial charge is 0.303 e. The van der Waals surface area contributed by atoms with Crippen LogP contribution in [0.5, 0.6) is 0 Å². The lowest BCUT2D eigenvalue weighted by Gasteiger charge is -2.29. The molecule has 1 aliphatic heterocycles. The number of rotatable bonds is 4. The minimum atomic E-state index is 0.271. The Morgan fingerprint density at radius 1 is 1.14 bits per heavy atom. The molecule has 0 aliphatic carbocycles. The Bertz CT molecular complexity index is 446. The third-order valence-electron chi connectivity index (χ3n) is 4.80. The van der Waals surface area contributed by atoms with E-state index < -0.39 is 0 Å². The molecule has 0 N–H and O–H groups in total. The lowest BCUT2D eigenvalue weighted by molar-refractivity contribution is 0.0963. The van der Waals surface area contributed by atoms with Crippen LogP contribution in [0.4, 0.5) is 0 Å². The topological polar surface area (TPSA) is 20.3 Å². The molecule has 116 valence electrons. The van der Waals surface area contributed by atoms with E-state index in [0.29, 0.717) is 11.8 Å². The molecule has 21 heavy (non-hydrogen) atoms. The van der Waals surface area contributed by atoms with Crippen molar-refractivity contribution in [1.82, 2.24) is 4.90 Å². The number of ketones is 1. The van der Waals surface area contributed by atoms with Gasteiger partial charge in [0.2, 0.25) is 0 Å². The molecular formula is C19H29NO. The number of carbonyl (C=O) groups is 1. The molecule has 1 fully saturated rings. The second kappa shape index (κ2) is 7.22. The van der Waals surface area contributed by atoms with Gasteiger partial charge in [0.05, 0.1) is 0 Å². The lowest BCUT2D eigenvalue weighted by Crippen LogP contribution is -2.28. The van der Waals surface area contributed by atoms with E-state index in [1.165, 1.54) is 19.3 Å². The van der Waals surface area contributed by atoms with Crippen LogP contribution in [-0.4, -0.2) is 30.3 Å². The van der Waals surface area contributed by atoms with Crippen LogP contribution in [0.1, 0.15) is 56.8 Å². The maximum atomic E-state index is 12.2. The summed E-state index contributed by atoms with van der Waals surface area (Å²) in [6.45, 7) is 10.3. The van der Waals surface area contributed by atoms with Gasteiger partial charge in [-0.2, -0.15) is 0 Å². The van der Waals surface area contributed by atoms with Gasteiger partial charge in [-0.1, -0.05) is 51.1 Å². The molecule has 1 aliphatic rings. The number of likely N-dealkylation sites (tertiary alicyclic amines) is 1. The first-order chi connectivity index (χ1) is 9.97. The first-order valence-electron chi connectivity index (χ1n) is 8.27. The summed E-state index contributed by atoms with van der Waals surface area (Å²) in [5.41, 5.74) is 1.26. The predicted molar refractivity (Wildman–Crippen MR) is 88.6 cm³/mol. The zero-order valence-electron chi connectivity index (χ0n) is 13.8. The van der Waals surface area contributed by atoms with Crippen LogP contribution >= 0.6 is 0 Å². The fourth-order valence-corrected chi connectivity index (χ4v) is 3.27. The standard InChI is InChI=1S/C19H29NO/c1-19(2,3)17-10-7-13-20(14-11-17)15-12-18(21)16-8-5-4-6-9-16/h4-6,8-9,17H,7,10-15H2,1-3H3. The van der Waals surface area contributed by atoms with Crippen LogP contribution in [0, 0.1) is 11.3 Å². The molecule has 2 rings (SSSR count). The average Bonchev–Trinajstić information content (AvgIpc) is 2.71. The van der Waals surface area contributed by atoms with Gasteiger partial charge in [0, 0.05) is 18.5 Å². The van der Waals surface area contributed by atoms with Crippen molar-refractivity contribution in [3.63, 3.8) is 0 Å². The molecule has 0 amide bonds. The van der Waals surface area contributed by atoms with E-state index in [1.54, 1.807) is 0 Å². The monoisotopic (exact) mass is 287 g/mol. The molecule has 1 heterocycles. The summed E-state index contributed by atoms with van der Waals surface area (Å²) in [6.07, 6.45) is 4.50. The van der Waals surface area contributed by atoms with Crippen LogP contribution in [0.3, 0.4) is 0 Å². The molecule has 1 aromatic rings. The molecule has 0 bridgehead atoms. The van der Waals surface area contributed by atoms with Crippen LogP contribution in [0.15, 0.2) is 30.3 Å². The van der Waals surface area contributed by atoms with E-state index in [1.807, 2.05) is 30.3 Å². The van der Waals surface area contributed by atoms with E-state index in [4.69, 9.17) is 0 Å². The molecule has 0 aromatic heterocycles. The zero-order chi connectivity index (χ0) is 15.3. The lowest BCUT2D eigenvalue weighted by atomic mass is 9.77.